The zero-order valence-corrected chi connectivity index (χ0v) is 16.5. The monoisotopic (exact) mass is 390 g/mol. The van der Waals surface area contributed by atoms with Gasteiger partial charge >= 0.3 is 0 Å². The number of benzene rings is 1. The van der Waals surface area contributed by atoms with Crippen LogP contribution in [0.25, 0.3) is 22.4 Å². The summed E-state index contributed by atoms with van der Waals surface area (Å²) in [7, 11) is 0. The Kier molecular flexibility index (Phi) is 4.81. The van der Waals surface area contributed by atoms with Crippen LogP contribution in [0.4, 0.5) is 0 Å². The number of carbonyl (C=O) groups excluding carboxylic acids is 1. The molecule has 2 aromatic rings. The molecule has 0 saturated carbocycles. The van der Waals surface area contributed by atoms with Crippen LogP contribution in [0, 0.1) is 0 Å². The number of rotatable bonds is 6. The number of amides is 1. The Morgan fingerprint density at radius 2 is 2.07 bits per heavy atom. The first-order valence-corrected chi connectivity index (χ1v) is 10.5. The lowest BCUT2D eigenvalue weighted by Gasteiger charge is -2.15. The van der Waals surface area contributed by atoms with Crippen LogP contribution < -0.4 is 16.2 Å². The third-order valence-corrected chi connectivity index (χ3v) is 6.18. The van der Waals surface area contributed by atoms with Crippen LogP contribution in [0.15, 0.2) is 34.8 Å². The van der Waals surface area contributed by atoms with Crippen LogP contribution in [-0.2, 0) is 11.2 Å². The van der Waals surface area contributed by atoms with E-state index in [-0.39, 0.29) is 11.5 Å². The van der Waals surface area contributed by atoms with Gasteiger partial charge in [-0.3, -0.25) is 9.59 Å². The van der Waals surface area contributed by atoms with Crippen molar-refractivity contribution in [2.24, 2.45) is 0 Å². The molecule has 2 aliphatic carbocycles. The molecule has 0 radical (unpaired) electrons. The maximum atomic E-state index is 12.6. The SMILES string of the molecule is O=C(CNCCN1CCCC1)NC1=C2Cc3cccc4c(=O)[nH]c(c2c34)C=CC1. The van der Waals surface area contributed by atoms with Gasteiger partial charge in [-0.1, -0.05) is 18.2 Å². The lowest BCUT2D eigenvalue weighted by Crippen LogP contribution is -2.37. The fraction of sp³-hybridized carbons (Fsp3) is 0.391. The van der Waals surface area contributed by atoms with Gasteiger partial charge in [0.15, 0.2) is 0 Å². The molecule has 3 aliphatic rings. The van der Waals surface area contributed by atoms with Gasteiger partial charge in [0.25, 0.3) is 5.56 Å². The molecule has 0 bridgehead atoms. The minimum absolute atomic E-state index is 0.0117. The van der Waals surface area contributed by atoms with Gasteiger partial charge in [-0.2, -0.15) is 0 Å². The summed E-state index contributed by atoms with van der Waals surface area (Å²) in [5.41, 5.74) is 5.08. The summed E-state index contributed by atoms with van der Waals surface area (Å²) < 4.78 is 0. The van der Waals surface area contributed by atoms with Gasteiger partial charge in [-0.05, 0) is 49.2 Å². The molecule has 0 unspecified atom stereocenters. The summed E-state index contributed by atoms with van der Waals surface area (Å²) in [5.74, 6) is -0.0117. The first kappa shape index (κ1) is 18.3. The molecule has 1 aromatic carbocycles. The Morgan fingerprint density at radius 1 is 1.21 bits per heavy atom. The normalized spacial score (nSPS) is 17.9. The molecule has 6 heteroatoms. The number of pyridine rings is 1. The lowest BCUT2D eigenvalue weighted by atomic mass is 10.0. The number of hydrogen-bond acceptors (Lipinski definition) is 4. The van der Waals surface area contributed by atoms with Gasteiger partial charge in [-0.15, -0.1) is 0 Å². The molecule has 6 nitrogen and oxygen atoms in total. The van der Waals surface area contributed by atoms with E-state index in [0.29, 0.717) is 13.0 Å². The number of nitrogens with zero attached hydrogens (tertiary/aromatic N) is 1. The van der Waals surface area contributed by atoms with Gasteiger partial charge in [0.05, 0.1) is 6.54 Å². The van der Waals surface area contributed by atoms with Gasteiger partial charge in [0, 0.05) is 53.7 Å². The highest BCUT2D eigenvalue weighted by atomic mass is 16.2. The molecular weight excluding hydrogens is 364 g/mol. The highest BCUT2D eigenvalue weighted by molar-refractivity contribution is 6.04. The molecule has 1 amide bonds. The summed E-state index contributed by atoms with van der Waals surface area (Å²) in [6, 6.07) is 5.88. The first-order chi connectivity index (χ1) is 14.2. The molecule has 150 valence electrons. The summed E-state index contributed by atoms with van der Waals surface area (Å²) in [6.45, 7) is 4.49. The molecule has 1 fully saturated rings. The topological polar surface area (TPSA) is 77.2 Å². The molecule has 5 rings (SSSR count). The van der Waals surface area contributed by atoms with Crippen LogP contribution >= 0.6 is 0 Å². The average molecular weight is 390 g/mol. The van der Waals surface area contributed by atoms with Crippen molar-refractivity contribution in [3.8, 4) is 0 Å². The third-order valence-electron chi connectivity index (χ3n) is 6.18. The Morgan fingerprint density at radius 3 is 2.93 bits per heavy atom. The molecule has 1 saturated heterocycles. The van der Waals surface area contributed by atoms with Gasteiger partial charge in [-0.25, -0.2) is 0 Å². The van der Waals surface area contributed by atoms with Crippen LogP contribution in [0.1, 0.15) is 36.1 Å². The fourth-order valence-electron chi connectivity index (χ4n) is 4.80. The summed E-state index contributed by atoms with van der Waals surface area (Å²) >= 11 is 0. The lowest BCUT2D eigenvalue weighted by molar-refractivity contribution is -0.119. The first-order valence-electron chi connectivity index (χ1n) is 10.5. The van der Waals surface area contributed by atoms with Crippen molar-refractivity contribution in [3.63, 3.8) is 0 Å². The summed E-state index contributed by atoms with van der Waals surface area (Å²) in [6.07, 6.45) is 7.95. The van der Waals surface area contributed by atoms with Crippen molar-refractivity contribution < 1.29 is 4.79 Å². The number of carbonyl (C=O) groups is 1. The Labute approximate surface area is 169 Å². The van der Waals surface area contributed by atoms with E-state index in [4.69, 9.17) is 0 Å². The van der Waals surface area contributed by atoms with E-state index < -0.39 is 0 Å². The molecule has 0 atom stereocenters. The number of H-pyrrole nitrogens is 1. The standard InChI is InChI=1S/C23H26N4O2/c28-20(14-24-9-12-27-10-1-2-11-27)25-18-7-4-8-19-22-17(18)13-15-5-3-6-16(21(15)22)23(29)26-19/h3-6,8,24H,1-2,7,9-14H2,(H,25,28)(H,26,29). The molecule has 29 heavy (non-hydrogen) atoms. The zero-order valence-electron chi connectivity index (χ0n) is 16.5. The third kappa shape index (κ3) is 3.43. The zero-order chi connectivity index (χ0) is 19.8. The molecule has 0 spiro atoms. The fourth-order valence-corrected chi connectivity index (χ4v) is 4.80. The predicted molar refractivity (Wildman–Crippen MR) is 116 cm³/mol. The molecule has 1 aromatic heterocycles. The number of hydrogen-bond donors (Lipinski definition) is 3. The highest BCUT2D eigenvalue weighted by Crippen LogP contribution is 2.41. The Bertz CT molecular complexity index is 1090. The predicted octanol–water partition coefficient (Wildman–Crippen LogP) is 2.01. The van der Waals surface area contributed by atoms with E-state index in [0.717, 1.165) is 58.4 Å². The van der Waals surface area contributed by atoms with Crippen molar-refractivity contribution in [1.29, 1.82) is 0 Å². The van der Waals surface area contributed by atoms with Crippen LogP contribution in [0.2, 0.25) is 0 Å². The van der Waals surface area contributed by atoms with E-state index in [1.807, 2.05) is 24.3 Å². The smallest absolute Gasteiger partial charge is 0.256 e. The Balaban J connectivity index is 1.34. The maximum Gasteiger partial charge on any atom is 0.256 e. The minimum Gasteiger partial charge on any atom is -0.328 e. The molecule has 1 aliphatic heterocycles. The van der Waals surface area contributed by atoms with Crippen molar-refractivity contribution in [1.82, 2.24) is 20.5 Å². The molecular formula is C23H26N4O2. The average Bonchev–Trinajstić information content (AvgIpc) is 3.33. The number of likely N-dealkylation sites (tertiary alicyclic amines) is 1. The number of aromatic amines is 1. The van der Waals surface area contributed by atoms with Crippen molar-refractivity contribution in [2.45, 2.75) is 25.7 Å². The van der Waals surface area contributed by atoms with Crippen molar-refractivity contribution in [2.75, 3.05) is 32.7 Å². The second-order valence-corrected chi connectivity index (χ2v) is 8.10. The second-order valence-electron chi connectivity index (χ2n) is 8.10. The van der Waals surface area contributed by atoms with E-state index in [1.165, 1.54) is 25.9 Å². The largest absolute Gasteiger partial charge is 0.328 e. The maximum absolute atomic E-state index is 12.6. The Hall–Kier alpha value is -2.70. The van der Waals surface area contributed by atoms with E-state index in [1.54, 1.807) is 0 Å². The second kappa shape index (κ2) is 7.61. The van der Waals surface area contributed by atoms with Gasteiger partial charge in [0.1, 0.15) is 0 Å². The summed E-state index contributed by atoms with van der Waals surface area (Å²) in [4.78, 5) is 30.5. The van der Waals surface area contributed by atoms with Gasteiger partial charge in [0.2, 0.25) is 5.91 Å². The van der Waals surface area contributed by atoms with Crippen molar-refractivity contribution in [3.05, 3.63) is 57.1 Å². The van der Waals surface area contributed by atoms with E-state index >= 15 is 0 Å². The minimum atomic E-state index is -0.0545. The van der Waals surface area contributed by atoms with E-state index in [2.05, 4.69) is 26.6 Å². The van der Waals surface area contributed by atoms with Gasteiger partial charge < -0.3 is 20.5 Å². The quantitative estimate of drug-likeness (QED) is 0.660. The highest BCUT2D eigenvalue weighted by Gasteiger charge is 2.27. The molecule has 3 N–H and O–H groups in total. The number of aromatic nitrogens is 1. The number of allylic oxidation sites excluding steroid dienone is 2. The molecule has 2 heterocycles. The van der Waals surface area contributed by atoms with E-state index in [9.17, 15) is 9.59 Å². The van der Waals surface area contributed by atoms with Crippen molar-refractivity contribution >= 4 is 28.3 Å². The van der Waals surface area contributed by atoms with Crippen LogP contribution in [0.3, 0.4) is 0 Å². The van der Waals surface area contributed by atoms with Crippen LogP contribution in [0.5, 0.6) is 0 Å². The number of nitrogens with one attached hydrogen (secondary N) is 3. The van der Waals surface area contributed by atoms with Crippen LogP contribution in [-0.4, -0.2) is 48.5 Å². The summed E-state index contributed by atoms with van der Waals surface area (Å²) in [5, 5.41) is 8.15.